The number of benzene rings is 4. The molecule has 1 atom stereocenters. The zero-order chi connectivity index (χ0) is 27.4. The number of nitrogens with zero attached hydrogens (tertiary/aromatic N) is 5. The molecule has 0 amide bonds. The summed E-state index contributed by atoms with van der Waals surface area (Å²) >= 11 is 1.48. The monoisotopic (exact) mass is 536 g/mol. The summed E-state index contributed by atoms with van der Waals surface area (Å²) in [6.45, 7) is 9.43. The Kier molecular flexibility index (Phi) is 7.93. The number of ether oxygens (including phenoxy) is 1. The quantitative estimate of drug-likeness (QED) is 0.190. The number of hydrogen-bond donors (Lipinski definition) is 1. The number of thiazole rings is 1. The van der Waals surface area contributed by atoms with E-state index in [0.29, 0.717) is 11.0 Å². The second-order valence-corrected chi connectivity index (χ2v) is 10.7. The van der Waals surface area contributed by atoms with Crippen molar-refractivity contribution in [1.82, 2.24) is 4.98 Å². The van der Waals surface area contributed by atoms with Crippen molar-refractivity contribution >= 4 is 60.2 Å². The van der Waals surface area contributed by atoms with E-state index in [-0.39, 0.29) is 0 Å². The van der Waals surface area contributed by atoms with Crippen molar-refractivity contribution in [2.75, 3.05) is 19.0 Å². The lowest BCUT2D eigenvalue weighted by Crippen LogP contribution is -2.10. The number of hydrogen-bond acceptors (Lipinski definition) is 8. The molecule has 0 saturated heterocycles. The fourth-order valence-electron chi connectivity index (χ4n) is 4.22. The zero-order valence-corrected chi connectivity index (χ0v) is 23.7. The third-order valence-corrected chi connectivity index (χ3v) is 7.75. The first kappa shape index (κ1) is 26.4. The molecule has 0 aliphatic heterocycles. The normalized spacial score (nSPS) is 12.6. The summed E-state index contributed by atoms with van der Waals surface area (Å²) in [5.74, 6) is 1.41. The molecule has 7 nitrogen and oxygen atoms in total. The van der Waals surface area contributed by atoms with E-state index in [1.54, 1.807) is 7.11 Å². The molecular formula is C31H32N6OS. The van der Waals surface area contributed by atoms with Gasteiger partial charge in [0.15, 0.2) is 0 Å². The van der Waals surface area contributed by atoms with Gasteiger partial charge in [0.25, 0.3) is 0 Å². The Balaban J connectivity index is 1.37. The van der Waals surface area contributed by atoms with Crippen LogP contribution in [0.15, 0.2) is 87.2 Å². The van der Waals surface area contributed by atoms with Crippen LogP contribution in [0.25, 0.3) is 21.0 Å². The summed E-state index contributed by atoms with van der Waals surface area (Å²) in [6, 6.07) is 22.2. The predicted octanol–water partition coefficient (Wildman–Crippen LogP) is 10.4. The van der Waals surface area contributed by atoms with Crippen LogP contribution in [0.4, 0.5) is 27.9 Å². The molecular weight excluding hydrogens is 504 g/mol. The van der Waals surface area contributed by atoms with Gasteiger partial charge in [0.1, 0.15) is 5.75 Å². The molecule has 1 unspecified atom stereocenters. The van der Waals surface area contributed by atoms with Crippen molar-refractivity contribution in [3.05, 3.63) is 77.9 Å². The van der Waals surface area contributed by atoms with E-state index >= 15 is 0 Å². The summed E-state index contributed by atoms with van der Waals surface area (Å²) in [5, 5.41) is 24.6. The van der Waals surface area contributed by atoms with Crippen molar-refractivity contribution in [3.63, 3.8) is 0 Å². The van der Waals surface area contributed by atoms with E-state index in [1.165, 1.54) is 11.3 Å². The minimum absolute atomic E-state index is 0.605. The second-order valence-electron chi connectivity index (χ2n) is 9.73. The molecule has 0 aliphatic carbocycles. The van der Waals surface area contributed by atoms with Gasteiger partial charge in [-0.3, -0.25) is 0 Å². The Hall–Kier alpha value is -4.17. The Labute approximate surface area is 232 Å². The molecule has 198 valence electrons. The van der Waals surface area contributed by atoms with E-state index in [1.807, 2.05) is 56.3 Å². The van der Waals surface area contributed by atoms with Gasteiger partial charge in [0.05, 0.1) is 34.4 Å². The number of anilines is 1. The molecule has 0 saturated carbocycles. The van der Waals surface area contributed by atoms with Gasteiger partial charge in [-0.05, 0) is 73.4 Å². The lowest BCUT2D eigenvalue weighted by molar-refractivity contribution is 0.415. The van der Waals surface area contributed by atoms with E-state index in [9.17, 15) is 0 Å². The minimum Gasteiger partial charge on any atom is -0.497 e. The highest BCUT2D eigenvalue weighted by molar-refractivity contribution is 7.21. The molecule has 0 aliphatic rings. The van der Waals surface area contributed by atoms with Crippen LogP contribution in [0.1, 0.15) is 31.4 Å². The lowest BCUT2D eigenvalue weighted by atomic mass is 10.1. The first-order valence-electron chi connectivity index (χ1n) is 13.1. The number of rotatable bonds is 9. The number of nitrogens with one attached hydrogen (secondary N) is 1. The molecule has 0 spiro atoms. The van der Waals surface area contributed by atoms with Gasteiger partial charge in [-0.2, -0.15) is 5.11 Å². The highest BCUT2D eigenvalue weighted by Crippen LogP contribution is 2.36. The fraction of sp³-hybridized carbons (Fsp3) is 0.258. The highest BCUT2D eigenvalue weighted by atomic mass is 32.1. The molecule has 8 heteroatoms. The fourth-order valence-corrected chi connectivity index (χ4v) is 5.04. The Morgan fingerprint density at radius 1 is 0.846 bits per heavy atom. The van der Waals surface area contributed by atoms with Gasteiger partial charge in [-0.1, -0.05) is 55.9 Å². The van der Waals surface area contributed by atoms with E-state index in [0.717, 1.165) is 73.6 Å². The Morgan fingerprint density at radius 3 is 2.26 bits per heavy atom. The van der Waals surface area contributed by atoms with Crippen molar-refractivity contribution in [3.8, 4) is 5.75 Å². The van der Waals surface area contributed by atoms with Gasteiger partial charge in [-0.15, -0.1) is 15.3 Å². The lowest BCUT2D eigenvalue weighted by Gasteiger charge is -2.14. The zero-order valence-electron chi connectivity index (χ0n) is 22.9. The summed E-state index contributed by atoms with van der Waals surface area (Å²) in [5.41, 5.74) is 6.38. The third-order valence-electron chi connectivity index (χ3n) is 6.85. The molecule has 5 rings (SSSR count). The Bertz CT molecular complexity index is 1690. The number of azo groups is 2. The number of fused-ring (bicyclic) bond motifs is 2. The highest BCUT2D eigenvalue weighted by Gasteiger charge is 2.09. The van der Waals surface area contributed by atoms with E-state index in [4.69, 9.17) is 4.74 Å². The average Bonchev–Trinajstić information content (AvgIpc) is 3.37. The SMILES string of the molecule is CCC(C)CNc1ccc(N=Nc2cc(C)c(N=Nc3nc4ccc(OC)cc4s3)cc2C)c2ccccc12. The van der Waals surface area contributed by atoms with Crippen LogP contribution < -0.4 is 10.1 Å². The molecule has 1 N–H and O–H groups in total. The largest absolute Gasteiger partial charge is 0.497 e. The maximum absolute atomic E-state index is 5.30. The van der Waals surface area contributed by atoms with Gasteiger partial charge in [0.2, 0.25) is 5.13 Å². The first-order chi connectivity index (χ1) is 18.9. The number of aryl methyl sites for hydroxylation is 2. The van der Waals surface area contributed by atoms with Crippen LogP contribution in [-0.4, -0.2) is 18.6 Å². The second kappa shape index (κ2) is 11.7. The topological polar surface area (TPSA) is 83.6 Å². The Morgan fingerprint density at radius 2 is 1.54 bits per heavy atom. The molecule has 0 bridgehead atoms. The van der Waals surface area contributed by atoms with Gasteiger partial charge in [-0.25, -0.2) is 4.98 Å². The number of methoxy groups -OCH3 is 1. The van der Waals surface area contributed by atoms with Crippen molar-refractivity contribution in [2.45, 2.75) is 34.1 Å². The van der Waals surface area contributed by atoms with Crippen LogP contribution in [-0.2, 0) is 0 Å². The van der Waals surface area contributed by atoms with Crippen LogP contribution >= 0.6 is 11.3 Å². The summed E-state index contributed by atoms with van der Waals surface area (Å²) < 4.78 is 6.31. The molecule has 4 aromatic carbocycles. The van der Waals surface area contributed by atoms with E-state index in [2.05, 4.69) is 68.9 Å². The number of aromatic nitrogens is 1. The maximum Gasteiger partial charge on any atom is 0.231 e. The van der Waals surface area contributed by atoms with Gasteiger partial charge < -0.3 is 10.1 Å². The average molecular weight is 537 g/mol. The van der Waals surface area contributed by atoms with Crippen molar-refractivity contribution in [1.29, 1.82) is 0 Å². The van der Waals surface area contributed by atoms with Crippen LogP contribution in [0.2, 0.25) is 0 Å². The van der Waals surface area contributed by atoms with Gasteiger partial charge >= 0.3 is 0 Å². The summed E-state index contributed by atoms with van der Waals surface area (Å²) in [6.07, 6.45) is 1.15. The molecule has 1 heterocycles. The first-order valence-corrected chi connectivity index (χ1v) is 13.9. The van der Waals surface area contributed by atoms with Crippen molar-refractivity contribution < 1.29 is 4.74 Å². The molecule has 5 aromatic rings. The standard InChI is InChI=1S/C31H32N6OS/c1-6-19(2)18-32-25-13-14-26(24-10-8-7-9-23(24)25)34-35-28-15-21(4)29(16-20(28)3)36-37-31-33-27-12-11-22(38-5)17-30(27)39-31/h7-17,19,32H,6,18H2,1-5H3. The summed E-state index contributed by atoms with van der Waals surface area (Å²) in [7, 11) is 1.66. The molecule has 1 aromatic heterocycles. The minimum atomic E-state index is 0.605. The molecule has 0 fully saturated rings. The van der Waals surface area contributed by atoms with Gasteiger partial charge in [0, 0.05) is 23.0 Å². The molecule has 0 radical (unpaired) electrons. The predicted molar refractivity (Wildman–Crippen MR) is 162 cm³/mol. The molecule has 39 heavy (non-hydrogen) atoms. The smallest absolute Gasteiger partial charge is 0.231 e. The third kappa shape index (κ3) is 5.96. The maximum atomic E-state index is 5.30. The summed E-state index contributed by atoms with van der Waals surface area (Å²) in [4.78, 5) is 4.56. The van der Waals surface area contributed by atoms with Crippen LogP contribution in [0.5, 0.6) is 5.75 Å². The van der Waals surface area contributed by atoms with Crippen LogP contribution in [0, 0.1) is 19.8 Å². The van der Waals surface area contributed by atoms with Crippen molar-refractivity contribution in [2.24, 2.45) is 26.4 Å². The van der Waals surface area contributed by atoms with E-state index < -0.39 is 0 Å². The van der Waals surface area contributed by atoms with Crippen LogP contribution in [0.3, 0.4) is 0 Å².